The maximum atomic E-state index is 13.7. The van der Waals surface area contributed by atoms with Crippen LogP contribution in [0.15, 0.2) is 47.4 Å². The Bertz CT molecular complexity index is 1300. The quantitative estimate of drug-likeness (QED) is 0.254. The fourth-order valence-electron chi connectivity index (χ4n) is 5.80. The van der Waals surface area contributed by atoms with Gasteiger partial charge in [-0.3, -0.25) is 4.79 Å². The van der Waals surface area contributed by atoms with E-state index in [1.165, 1.54) is 31.0 Å². The lowest BCUT2D eigenvalue weighted by Crippen LogP contribution is -2.35. The number of aromatic nitrogens is 4. The molecule has 2 heterocycles. The monoisotopic (exact) mass is 536 g/mol. The van der Waals surface area contributed by atoms with E-state index in [4.69, 9.17) is 9.47 Å². The molecule has 12 heteroatoms. The van der Waals surface area contributed by atoms with Crippen molar-refractivity contribution in [1.82, 2.24) is 20.2 Å². The van der Waals surface area contributed by atoms with Crippen LogP contribution >= 0.6 is 11.8 Å². The van der Waals surface area contributed by atoms with Crippen LogP contribution in [0.2, 0.25) is 0 Å². The summed E-state index contributed by atoms with van der Waals surface area (Å²) >= 11 is 1.48. The van der Waals surface area contributed by atoms with Gasteiger partial charge in [0.05, 0.1) is 30.9 Å². The molecule has 1 aliphatic carbocycles. The van der Waals surface area contributed by atoms with Gasteiger partial charge < -0.3 is 9.47 Å². The normalized spacial score (nSPS) is 25.6. The van der Waals surface area contributed by atoms with E-state index in [2.05, 4.69) is 15.5 Å². The lowest BCUT2D eigenvalue weighted by Gasteiger charge is -2.33. The molecule has 0 radical (unpaired) electrons. The summed E-state index contributed by atoms with van der Waals surface area (Å²) in [5.41, 5.74) is 1.11. The van der Waals surface area contributed by atoms with Gasteiger partial charge in [0.1, 0.15) is 5.82 Å². The van der Waals surface area contributed by atoms with Crippen molar-refractivity contribution in [2.24, 2.45) is 5.92 Å². The summed E-state index contributed by atoms with van der Waals surface area (Å²) in [6.45, 7) is 0.324. The first-order chi connectivity index (χ1) is 17.7. The molecule has 37 heavy (non-hydrogen) atoms. The molecule has 4 atom stereocenters. The van der Waals surface area contributed by atoms with Crippen LogP contribution in [0.5, 0.6) is 0 Å². The molecular formula is C25H24F4N4O3S. The summed E-state index contributed by atoms with van der Waals surface area (Å²) in [5, 5.41) is 9.93. The van der Waals surface area contributed by atoms with Gasteiger partial charge in [-0.2, -0.15) is 17.9 Å². The van der Waals surface area contributed by atoms with Gasteiger partial charge in [-0.25, -0.2) is 4.39 Å². The summed E-state index contributed by atoms with van der Waals surface area (Å²) in [7, 11) is 1.35. The average Bonchev–Trinajstić information content (AvgIpc) is 3.63. The number of tetrazole rings is 1. The zero-order valence-electron chi connectivity index (χ0n) is 20.0. The van der Waals surface area contributed by atoms with Gasteiger partial charge >= 0.3 is 12.1 Å². The number of hydrogen-bond acceptors (Lipinski definition) is 7. The Kier molecular flexibility index (Phi) is 6.73. The molecule has 1 aromatic heterocycles. The van der Waals surface area contributed by atoms with E-state index >= 15 is 0 Å². The second-order valence-corrected chi connectivity index (χ2v) is 10.2. The highest BCUT2D eigenvalue weighted by Gasteiger charge is 2.56. The van der Waals surface area contributed by atoms with E-state index in [9.17, 15) is 22.4 Å². The standard InChI is InChI=1S/C25H24F4N4O3S/c1-35-22(34)18-9-10-24(21(18)14-3-5-16(26)6-4-14)12-15(13-36-24)19-11-17(7-8-20(19)37-2)33-23(25(27,28)29)30-31-32-33/h3-8,11,15,18,21H,9-10,12-13H2,1-2H3/t15-,18+,21-,24-/m1/s1. The van der Waals surface area contributed by atoms with Gasteiger partial charge in [0.25, 0.3) is 5.82 Å². The molecule has 5 rings (SSSR count). The summed E-state index contributed by atoms with van der Waals surface area (Å²) in [4.78, 5) is 13.6. The third-order valence-corrected chi connectivity index (χ3v) is 8.18. The molecule has 1 saturated heterocycles. The fraction of sp³-hybridized carbons (Fsp3) is 0.440. The first-order valence-corrected chi connectivity index (χ1v) is 12.9. The maximum Gasteiger partial charge on any atom is 0.453 e. The van der Waals surface area contributed by atoms with Gasteiger partial charge in [-0.15, -0.1) is 16.9 Å². The number of alkyl halides is 3. The Balaban J connectivity index is 1.51. The van der Waals surface area contributed by atoms with Gasteiger partial charge in [-0.05, 0) is 77.4 Å². The van der Waals surface area contributed by atoms with E-state index < -0.39 is 23.5 Å². The van der Waals surface area contributed by atoms with E-state index in [-0.39, 0.29) is 29.3 Å². The van der Waals surface area contributed by atoms with Crippen LogP contribution in [0, 0.1) is 11.7 Å². The Morgan fingerprint density at radius 3 is 2.65 bits per heavy atom. The number of thioether (sulfide) groups is 1. The van der Waals surface area contributed by atoms with Gasteiger partial charge in [0.2, 0.25) is 0 Å². The van der Waals surface area contributed by atoms with Crippen molar-refractivity contribution in [2.45, 2.75) is 47.8 Å². The number of carbonyl (C=O) groups is 1. The minimum absolute atomic E-state index is 0.146. The predicted octanol–water partition coefficient (Wildman–Crippen LogP) is 5.15. The Labute approximate surface area is 214 Å². The SMILES string of the molecule is COC(=O)[C@H]1CC[C@@]2(C[C@@H](c3cc(-n4nnnc4C(F)(F)F)ccc3SC)CO2)[C@@H]1c1ccc(F)cc1. The number of esters is 1. The highest BCUT2D eigenvalue weighted by molar-refractivity contribution is 7.98. The predicted molar refractivity (Wildman–Crippen MR) is 126 cm³/mol. The van der Waals surface area contributed by atoms with E-state index in [0.717, 1.165) is 16.0 Å². The fourth-order valence-corrected chi connectivity index (χ4v) is 6.47. The topological polar surface area (TPSA) is 79.1 Å². The molecule has 1 spiro atoms. The number of benzene rings is 2. The first-order valence-electron chi connectivity index (χ1n) is 11.7. The van der Waals surface area contributed by atoms with Crippen LogP contribution in [0.1, 0.15) is 48.0 Å². The van der Waals surface area contributed by atoms with Crippen LogP contribution in [-0.4, -0.2) is 51.8 Å². The van der Waals surface area contributed by atoms with Crippen molar-refractivity contribution in [3.63, 3.8) is 0 Å². The highest BCUT2D eigenvalue weighted by Crippen LogP contribution is 2.57. The summed E-state index contributed by atoms with van der Waals surface area (Å²) < 4.78 is 66.2. The lowest BCUT2D eigenvalue weighted by molar-refractivity contribution is -0.147. The number of ether oxygens (including phenoxy) is 2. The zero-order valence-corrected chi connectivity index (χ0v) is 20.9. The van der Waals surface area contributed by atoms with Crippen molar-refractivity contribution >= 4 is 17.7 Å². The molecule has 0 unspecified atom stereocenters. The second-order valence-electron chi connectivity index (χ2n) is 9.31. The molecule has 1 saturated carbocycles. The maximum absolute atomic E-state index is 13.7. The van der Waals surface area contributed by atoms with Crippen molar-refractivity contribution in [3.8, 4) is 5.69 Å². The molecule has 1 aliphatic heterocycles. The number of rotatable bonds is 5. The molecule has 0 amide bonds. The Morgan fingerprint density at radius 1 is 1.22 bits per heavy atom. The van der Waals surface area contributed by atoms with Gasteiger partial charge in [-0.1, -0.05) is 12.1 Å². The van der Waals surface area contributed by atoms with Crippen LogP contribution in [-0.2, 0) is 20.4 Å². The summed E-state index contributed by atoms with van der Waals surface area (Å²) in [6.07, 6.45) is -1.12. The number of hydrogen-bond donors (Lipinski definition) is 0. The minimum atomic E-state index is -4.71. The van der Waals surface area contributed by atoms with Crippen LogP contribution in [0.25, 0.3) is 5.69 Å². The zero-order chi connectivity index (χ0) is 26.4. The molecule has 2 aliphatic rings. The van der Waals surface area contributed by atoms with Crippen molar-refractivity contribution < 1.29 is 31.8 Å². The lowest BCUT2D eigenvalue weighted by atomic mass is 9.76. The van der Waals surface area contributed by atoms with E-state index in [1.54, 1.807) is 30.3 Å². The molecule has 0 N–H and O–H groups in total. The highest BCUT2D eigenvalue weighted by atomic mass is 32.2. The smallest absolute Gasteiger partial charge is 0.453 e. The number of carbonyl (C=O) groups excluding carboxylic acids is 1. The molecule has 3 aromatic rings. The molecule has 7 nitrogen and oxygen atoms in total. The summed E-state index contributed by atoms with van der Waals surface area (Å²) in [6, 6.07) is 11.0. The minimum Gasteiger partial charge on any atom is -0.469 e. The molecule has 0 bridgehead atoms. The van der Waals surface area contributed by atoms with Gasteiger partial charge in [0, 0.05) is 16.7 Å². The number of methoxy groups -OCH3 is 1. The molecule has 2 fully saturated rings. The largest absolute Gasteiger partial charge is 0.469 e. The van der Waals surface area contributed by atoms with Crippen molar-refractivity contribution in [2.75, 3.05) is 20.0 Å². The average molecular weight is 537 g/mol. The van der Waals surface area contributed by atoms with Crippen LogP contribution < -0.4 is 0 Å². The third kappa shape index (κ3) is 4.61. The molecule has 196 valence electrons. The third-order valence-electron chi connectivity index (χ3n) is 7.37. The molecular weight excluding hydrogens is 512 g/mol. The van der Waals surface area contributed by atoms with Crippen molar-refractivity contribution in [1.29, 1.82) is 0 Å². The second kappa shape index (κ2) is 9.71. The summed E-state index contributed by atoms with van der Waals surface area (Å²) in [5.74, 6) is -2.87. The number of halogens is 4. The molecule has 2 aromatic carbocycles. The number of nitrogens with zero attached hydrogens (tertiary/aromatic N) is 4. The first kappa shape index (κ1) is 25.7. The van der Waals surface area contributed by atoms with Gasteiger partial charge in [0.15, 0.2) is 0 Å². The van der Waals surface area contributed by atoms with Crippen LogP contribution in [0.3, 0.4) is 0 Å². The Morgan fingerprint density at radius 2 is 1.97 bits per heavy atom. The van der Waals surface area contributed by atoms with E-state index in [1.807, 2.05) is 6.26 Å². The van der Waals surface area contributed by atoms with Crippen molar-refractivity contribution in [3.05, 3.63) is 65.2 Å². The van der Waals surface area contributed by atoms with Crippen LogP contribution in [0.4, 0.5) is 17.6 Å². The Hall–Kier alpha value is -2.99. The van der Waals surface area contributed by atoms with E-state index in [0.29, 0.717) is 30.6 Å².